The second-order valence-electron chi connectivity index (χ2n) is 10.0. The number of aliphatic hydroxyl groups is 1. The van der Waals surface area contributed by atoms with Crippen LogP contribution in [0.5, 0.6) is 0 Å². The fourth-order valence-corrected chi connectivity index (χ4v) is 4.42. The molecule has 0 aliphatic carbocycles. The maximum absolute atomic E-state index is 13.4. The molecule has 0 radical (unpaired) electrons. The Morgan fingerprint density at radius 1 is 1.03 bits per heavy atom. The minimum absolute atomic E-state index is 0.131. The van der Waals surface area contributed by atoms with Crippen molar-refractivity contribution in [1.29, 1.82) is 0 Å². The van der Waals surface area contributed by atoms with E-state index in [-0.39, 0.29) is 35.9 Å². The fourth-order valence-electron chi connectivity index (χ4n) is 4.42. The molecular weight excluding hydrogens is 483 g/mol. The number of ketones is 1. The summed E-state index contributed by atoms with van der Waals surface area (Å²) in [5.74, 6) is -0.716. The van der Waals surface area contributed by atoms with Crippen LogP contribution in [-0.2, 0) is 4.79 Å². The molecule has 0 aliphatic heterocycles. The second-order valence-corrected chi connectivity index (χ2v) is 10.0. The van der Waals surface area contributed by atoms with Gasteiger partial charge in [0.25, 0.3) is 5.91 Å². The van der Waals surface area contributed by atoms with Crippen LogP contribution in [-0.4, -0.2) is 48.9 Å². The predicted octanol–water partition coefficient (Wildman–Crippen LogP) is 5.59. The number of aliphatic hydroxyl groups excluding tert-OH is 1. The average molecular weight is 517 g/mol. The van der Waals surface area contributed by atoms with Gasteiger partial charge in [0, 0.05) is 30.1 Å². The first-order valence-electron chi connectivity index (χ1n) is 12.9. The Balaban J connectivity index is 1.49. The highest BCUT2D eigenvalue weighted by Crippen LogP contribution is 2.26. The van der Waals surface area contributed by atoms with Crippen LogP contribution < -0.4 is 0 Å². The highest BCUT2D eigenvalue weighted by Gasteiger charge is 2.26. The molecule has 2 heterocycles. The van der Waals surface area contributed by atoms with Crippen LogP contribution in [0.4, 0.5) is 4.39 Å². The predicted molar refractivity (Wildman–Crippen MR) is 144 cm³/mol. The van der Waals surface area contributed by atoms with Gasteiger partial charge in [-0.3, -0.25) is 9.59 Å². The number of Topliss-reactive ketones (excluding diaryl/α,β-unsaturated/α-hetero) is 1. The lowest BCUT2D eigenvalue weighted by Crippen LogP contribution is -2.41. The first kappa shape index (κ1) is 27.1. The monoisotopic (exact) mass is 516 g/mol. The average Bonchev–Trinajstić information content (AvgIpc) is 3.34. The van der Waals surface area contributed by atoms with Gasteiger partial charge >= 0.3 is 0 Å². The van der Waals surface area contributed by atoms with Gasteiger partial charge in [-0.2, -0.15) is 5.10 Å². The Bertz CT molecular complexity index is 1410. The molecule has 4 rings (SSSR count). The molecule has 2 aromatic heterocycles. The first-order chi connectivity index (χ1) is 18.2. The summed E-state index contributed by atoms with van der Waals surface area (Å²) in [6, 6.07) is 16.8. The molecule has 198 valence electrons. The van der Waals surface area contributed by atoms with Gasteiger partial charge in [0.2, 0.25) is 0 Å². The maximum Gasteiger partial charge on any atom is 0.256 e. The molecule has 0 spiro atoms. The second kappa shape index (κ2) is 11.6. The van der Waals surface area contributed by atoms with Crippen molar-refractivity contribution in [1.82, 2.24) is 19.5 Å². The number of rotatable bonds is 10. The van der Waals surface area contributed by atoms with E-state index < -0.39 is 6.10 Å². The summed E-state index contributed by atoms with van der Waals surface area (Å²) in [6.07, 6.45) is 1.01. The smallest absolute Gasteiger partial charge is 0.256 e. The molecule has 0 saturated heterocycles. The normalized spacial score (nSPS) is 12.3. The van der Waals surface area contributed by atoms with Crippen molar-refractivity contribution in [3.8, 4) is 11.3 Å². The minimum Gasteiger partial charge on any atom is -0.378 e. The summed E-state index contributed by atoms with van der Waals surface area (Å²) in [5.41, 5.74) is 3.83. The zero-order valence-corrected chi connectivity index (χ0v) is 22.1. The van der Waals surface area contributed by atoms with Crippen LogP contribution in [0.2, 0.25) is 0 Å². The van der Waals surface area contributed by atoms with Gasteiger partial charge in [0.1, 0.15) is 11.5 Å². The van der Waals surface area contributed by atoms with E-state index in [0.29, 0.717) is 35.6 Å². The number of carbonyl (C=O) groups excluding carboxylic acids is 2. The standard InChI is InChI=1S/C30H33FN4O3/c1-19(2)24-17-25(21-12-14-23(31)15-13-21)33-35-18-26(32-29(24)35)27(36)11-8-16-34(20(3)4)30(38)28(37)22-9-6-5-7-10-22/h5-7,9-10,12-15,17-20,28,37H,8,11,16H2,1-4H3/t28-/m1/s1. The lowest BCUT2D eigenvalue weighted by molar-refractivity contribution is -0.142. The Hall–Kier alpha value is -3.91. The summed E-state index contributed by atoms with van der Waals surface area (Å²) in [6.45, 7) is 8.20. The third-order valence-corrected chi connectivity index (χ3v) is 6.56. The Labute approximate surface area is 221 Å². The summed E-state index contributed by atoms with van der Waals surface area (Å²) in [5, 5.41) is 15.2. The quantitative estimate of drug-likeness (QED) is 0.278. The minimum atomic E-state index is -1.25. The lowest BCUT2D eigenvalue weighted by Gasteiger charge is -2.29. The number of amides is 1. The van der Waals surface area contributed by atoms with Crippen molar-refractivity contribution < 1.29 is 19.1 Å². The summed E-state index contributed by atoms with van der Waals surface area (Å²) in [4.78, 5) is 32.2. The largest absolute Gasteiger partial charge is 0.378 e. The SMILES string of the molecule is CC(C)c1cc(-c2ccc(F)cc2)nn2cc(C(=O)CCCN(C(=O)[C@H](O)c3ccccc3)C(C)C)nc12. The number of imidazole rings is 1. The topological polar surface area (TPSA) is 87.8 Å². The van der Waals surface area contributed by atoms with Crippen LogP contribution in [0.1, 0.15) is 74.2 Å². The van der Waals surface area contributed by atoms with E-state index >= 15 is 0 Å². The molecule has 0 saturated carbocycles. The maximum atomic E-state index is 13.4. The van der Waals surface area contributed by atoms with Crippen molar-refractivity contribution in [2.75, 3.05) is 6.54 Å². The molecule has 8 heteroatoms. The molecule has 7 nitrogen and oxygen atoms in total. The van der Waals surface area contributed by atoms with Gasteiger partial charge in [-0.15, -0.1) is 0 Å². The Morgan fingerprint density at radius 3 is 2.34 bits per heavy atom. The van der Waals surface area contributed by atoms with E-state index in [1.807, 2.05) is 39.8 Å². The van der Waals surface area contributed by atoms with Crippen molar-refractivity contribution in [3.05, 3.63) is 89.5 Å². The van der Waals surface area contributed by atoms with E-state index in [0.717, 1.165) is 11.1 Å². The zero-order chi connectivity index (χ0) is 27.4. The van der Waals surface area contributed by atoms with E-state index in [4.69, 9.17) is 0 Å². The Kier molecular flexibility index (Phi) is 8.32. The highest BCUT2D eigenvalue weighted by atomic mass is 19.1. The van der Waals surface area contributed by atoms with Gasteiger partial charge in [0.05, 0.1) is 11.9 Å². The van der Waals surface area contributed by atoms with Crippen LogP contribution in [0, 0.1) is 5.82 Å². The fraction of sp³-hybridized carbons (Fsp3) is 0.333. The summed E-state index contributed by atoms with van der Waals surface area (Å²) < 4.78 is 15.0. The number of hydrogen-bond acceptors (Lipinski definition) is 5. The van der Waals surface area contributed by atoms with E-state index in [1.54, 1.807) is 52.0 Å². The first-order valence-corrected chi connectivity index (χ1v) is 12.9. The third kappa shape index (κ3) is 5.97. The Morgan fingerprint density at radius 2 is 1.71 bits per heavy atom. The molecule has 38 heavy (non-hydrogen) atoms. The molecule has 0 bridgehead atoms. The molecule has 0 fully saturated rings. The van der Waals surface area contributed by atoms with Gasteiger partial charge in [-0.25, -0.2) is 13.9 Å². The van der Waals surface area contributed by atoms with Crippen LogP contribution in [0.3, 0.4) is 0 Å². The van der Waals surface area contributed by atoms with Crippen molar-refractivity contribution in [2.45, 2.75) is 58.6 Å². The summed E-state index contributed by atoms with van der Waals surface area (Å²) in [7, 11) is 0. The number of hydrogen-bond donors (Lipinski definition) is 1. The molecule has 2 aromatic carbocycles. The van der Waals surface area contributed by atoms with Crippen molar-refractivity contribution in [3.63, 3.8) is 0 Å². The number of aromatic nitrogens is 3. The number of fused-ring (bicyclic) bond motifs is 1. The van der Waals surface area contributed by atoms with E-state index in [9.17, 15) is 19.1 Å². The highest BCUT2D eigenvalue weighted by molar-refractivity contribution is 5.95. The van der Waals surface area contributed by atoms with Crippen LogP contribution >= 0.6 is 0 Å². The summed E-state index contributed by atoms with van der Waals surface area (Å²) >= 11 is 0. The van der Waals surface area contributed by atoms with E-state index in [2.05, 4.69) is 10.1 Å². The molecule has 1 N–H and O–H groups in total. The van der Waals surface area contributed by atoms with Crippen molar-refractivity contribution in [2.24, 2.45) is 0 Å². The molecule has 1 atom stereocenters. The molecule has 0 unspecified atom stereocenters. The van der Waals surface area contributed by atoms with Gasteiger partial charge in [-0.05, 0) is 62.1 Å². The number of nitrogens with zero attached hydrogens (tertiary/aromatic N) is 4. The van der Waals surface area contributed by atoms with E-state index in [1.165, 1.54) is 12.1 Å². The molecule has 0 aliphatic rings. The van der Waals surface area contributed by atoms with Gasteiger partial charge in [0.15, 0.2) is 17.5 Å². The lowest BCUT2D eigenvalue weighted by atomic mass is 10.0. The molecule has 1 amide bonds. The van der Waals surface area contributed by atoms with Crippen LogP contribution in [0.15, 0.2) is 66.9 Å². The van der Waals surface area contributed by atoms with Crippen molar-refractivity contribution >= 4 is 17.3 Å². The van der Waals surface area contributed by atoms with Crippen LogP contribution in [0.25, 0.3) is 16.9 Å². The third-order valence-electron chi connectivity index (χ3n) is 6.56. The number of carbonyl (C=O) groups is 2. The molecular formula is C30H33FN4O3. The van der Waals surface area contributed by atoms with Gasteiger partial charge in [-0.1, -0.05) is 44.2 Å². The van der Waals surface area contributed by atoms with Gasteiger partial charge < -0.3 is 10.0 Å². The number of benzene rings is 2. The number of halogens is 1. The molecule has 4 aromatic rings. The zero-order valence-electron chi connectivity index (χ0n) is 22.1.